The van der Waals surface area contributed by atoms with Crippen LogP contribution in [0, 0.1) is 0 Å². The van der Waals surface area contributed by atoms with Crippen LogP contribution >= 0.6 is 0 Å². The number of hydrogen-bond donors (Lipinski definition) is 3. The summed E-state index contributed by atoms with van der Waals surface area (Å²) in [7, 11) is 0. The molecule has 3 rings (SSSR count). The van der Waals surface area contributed by atoms with Gasteiger partial charge in [-0.3, -0.25) is 0 Å². The molecule has 30 heavy (non-hydrogen) atoms. The maximum Gasteiger partial charge on any atom is 0.416 e. The Balaban J connectivity index is 1.81. The quantitative estimate of drug-likeness (QED) is 0.607. The van der Waals surface area contributed by atoms with Gasteiger partial charge in [0.1, 0.15) is 5.75 Å². The Morgan fingerprint density at radius 2 is 2.00 bits per heavy atom. The minimum absolute atomic E-state index is 0.0650. The number of carboxylic acids is 1. The standard InChI is InChI=1S/C22H21F3N2O3/c1-3-30-17-6-4-5-14(11-17)21(2)10-9-16(13-26-21)27-19-8-7-15(22(23,24)25)12-18(19)20(28)29/h4-13,26-27H,3H2,1-2H3,(H,28,29). The molecule has 0 aliphatic carbocycles. The maximum atomic E-state index is 12.9. The zero-order valence-electron chi connectivity index (χ0n) is 16.4. The Morgan fingerprint density at radius 1 is 1.23 bits per heavy atom. The highest BCUT2D eigenvalue weighted by Gasteiger charge is 2.32. The number of dihydropyridines is 1. The smallest absolute Gasteiger partial charge is 0.416 e. The Bertz CT molecular complexity index is 1010. The number of benzene rings is 2. The highest BCUT2D eigenvalue weighted by Crippen LogP contribution is 2.33. The van der Waals surface area contributed by atoms with Gasteiger partial charge >= 0.3 is 12.1 Å². The number of nitrogens with one attached hydrogen (secondary N) is 2. The van der Waals surface area contributed by atoms with Crippen molar-refractivity contribution in [1.82, 2.24) is 5.32 Å². The van der Waals surface area contributed by atoms with Gasteiger partial charge in [0.25, 0.3) is 0 Å². The Hall–Kier alpha value is -3.42. The summed E-state index contributed by atoms with van der Waals surface area (Å²) in [6.45, 7) is 4.42. The van der Waals surface area contributed by atoms with Crippen LogP contribution in [-0.4, -0.2) is 17.7 Å². The van der Waals surface area contributed by atoms with Crippen molar-refractivity contribution >= 4 is 11.7 Å². The summed E-state index contributed by atoms with van der Waals surface area (Å²) in [5.74, 6) is -0.704. The topological polar surface area (TPSA) is 70.6 Å². The van der Waals surface area contributed by atoms with Crippen LogP contribution in [-0.2, 0) is 11.7 Å². The van der Waals surface area contributed by atoms with Crippen molar-refractivity contribution in [3.63, 3.8) is 0 Å². The molecule has 0 fully saturated rings. The van der Waals surface area contributed by atoms with E-state index in [2.05, 4.69) is 10.6 Å². The molecule has 8 heteroatoms. The van der Waals surface area contributed by atoms with E-state index in [1.165, 1.54) is 0 Å². The minimum atomic E-state index is -4.62. The zero-order chi connectivity index (χ0) is 21.9. The lowest BCUT2D eigenvalue weighted by molar-refractivity contribution is -0.137. The number of carboxylic acid groups (broad SMARTS) is 1. The second-order valence-corrected chi connectivity index (χ2v) is 6.93. The molecular weight excluding hydrogens is 397 g/mol. The van der Waals surface area contributed by atoms with Crippen molar-refractivity contribution in [2.45, 2.75) is 25.6 Å². The number of ether oxygens (including phenoxy) is 1. The molecule has 1 aliphatic rings. The summed E-state index contributed by atoms with van der Waals surface area (Å²) < 4.78 is 44.2. The molecule has 158 valence electrons. The normalized spacial score (nSPS) is 18.4. The summed E-state index contributed by atoms with van der Waals surface area (Å²) in [6.07, 6.45) is 0.654. The number of halogens is 3. The molecule has 1 unspecified atom stereocenters. The van der Waals surface area contributed by atoms with Gasteiger partial charge in [0.2, 0.25) is 0 Å². The minimum Gasteiger partial charge on any atom is -0.494 e. The van der Waals surface area contributed by atoms with Crippen LogP contribution in [0.15, 0.2) is 66.5 Å². The van der Waals surface area contributed by atoms with E-state index < -0.39 is 28.8 Å². The summed E-state index contributed by atoms with van der Waals surface area (Å²) in [5.41, 5.74) is -0.476. The van der Waals surface area contributed by atoms with Crippen molar-refractivity contribution in [2.75, 3.05) is 11.9 Å². The summed E-state index contributed by atoms with van der Waals surface area (Å²) >= 11 is 0. The fourth-order valence-electron chi connectivity index (χ4n) is 3.08. The number of alkyl halides is 3. The first kappa shape index (κ1) is 21.3. The molecule has 0 aromatic heterocycles. The summed E-state index contributed by atoms with van der Waals surface area (Å²) in [5, 5.41) is 15.4. The SMILES string of the molecule is CCOc1cccc(C2(C)C=CC(Nc3ccc(C(F)(F)F)cc3C(=O)O)=CN2)c1. The Labute approximate surface area is 171 Å². The second-order valence-electron chi connectivity index (χ2n) is 6.93. The number of hydrogen-bond acceptors (Lipinski definition) is 4. The van der Waals surface area contributed by atoms with Crippen molar-refractivity contribution in [3.8, 4) is 5.75 Å². The molecule has 2 aromatic carbocycles. The largest absolute Gasteiger partial charge is 0.494 e. The second kappa shape index (κ2) is 8.14. The van der Waals surface area contributed by atoms with E-state index in [0.717, 1.165) is 23.4 Å². The molecule has 1 aliphatic heterocycles. The lowest BCUT2D eigenvalue weighted by atomic mass is 9.89. The predicted octanol–water partition coefficient (Wildman–Crippen LogP) is 5.13. The highest BCUT2D eigenvalue weighted by atomic mass is 19.4. The zero-order valence-corrected chi connectivity index (χ0v) is 16.4. The molecule has 0 bridgehead atoms. The Morgan fingerprint density at radius 3 is 2.60 bits per heavy atom. The molecule has 0 saturated carbocycles. The van der Waals surface area contributed by atoms with Gasteiger partial charge in [-0.1, -0.05) is 18.2 Å². The molecule has 3 N–H and O–H groups in total. The van der Waals surface area contributed by atoms with Gasteiger partial charge in [0.05, 0.1) is 34.7 Å². The Kier molecular flexibility index (Phi) is 5.78. The molecule has 0 radical (unpaired) electrons. The average molecular weight is 418 g/mol. The van der Waals surface area contributed by atoms with Crippen LogP contribution in [0.3, 0.4) is 0 Å². The van der Waals surface area contributed by atoms with Crippen LogP contribution in [0.1, 0.15) is 35.3 Å². The van der Waals surface area contributed by atoms with E-state index in [9.17, 15) is 23.1 Å². The van der Waals surface area contributed by atoms with E-state index in [4.69, 9.17) is 4.74 Å². The van der Waals surface area contributed by atoms with Gasteiger partial charge in [-0.25, -0.2) is 4.79 Å². The average Bonchev–Trinajstić information content (AvgIpc) is 2.69. The van der Waals surface area contributed by atoms with Gasteiger partial charge < -0.3 is 20.5 Å². The third-order valence-electron chi connectivity index (χ3n) is 4.72. The predicted molar refractivity (Wildman–Crippen MR) is 107 cm³/mol. The van der Waals surface area contributed by atoms with Crippen LogP contribution in [0.2, 0.25) is 0 Å². The van der Waals surface area contributed by atoms with Gasteiger partial charge in [-0.2, -0.15) is 13.2 Å². The van der Waals surface area contributed by atoms with Crippen molar-refractivity contribution in [1.29, 1.82) is 0 Å². The van der Waals surface area contributed by atoms with Crippen molar-refractivity contribution < 1.29 is 27.8 Å². The van der Waals surface area contributed by atoms with Crippen LogP contribution < -0.4 is 15.4 Å². The summed E-state index contributed by atoms with van der Waals surface area (Å²) in [6, 6.07) is 10.2. The lowest BCUT2D eigenvalue weighted by Crippen LogP contribution is -2.36. The third-order valence-corrected chi connectivity index (χ3v) is 4.72. The molecule has 1 atom stereocenters. The molecule has 0 spiro atoms. The van der Waals surface area contributed by atoms with E-state index >= 15 is 0 Å². The molecular formula is C22H21F3N2O3. The first-order valence-corrected chi connectivity index (χ1v) is 9.24. The van der Waals surface area contributed by atoms with Crippen LogP contribution in [0.5, 0.6) is 5.75 Å². The van der Waals surface area contributed by atoms with E-state index in [1.54, 1.807) is 12.3 Å². The van der Waals surface area contributed by atoms with E-state index in [1.807, 2.05) is 44.2 Å². The highest BCUT2D eigenvalue weighted by molar-refractivity contribution is 5.95. The fourth-order valence-corrected chi connectivity index (χ4v) is 3.08. The van der Waals surface area contributed by atoms with Gasteiger partial charge in [0.15, 0.2) is 0 Å². The number of allylic oxidation sites excluding steroid dienone is 1. The van der Waals surface area contributed by atoms with E-state index in [-0.39, 0.29) is 5.69 Å². The maximum absolute atomic E-state index is 12.9. The number of carbonyl (C=O) groups is 1. The van der Waals surface area contributed by atoms with Crippen LogP contribution in [0.25, 0.3) is 0 Å². The first-order valence-electron chi connectivity index (χ1n) is 9.24. The summed E-state index contributed by atoms with van der Waals surface area (Å²) in [4.78, 5) is 11.4. The van der Waals surface area contributed by atoms with E-state index in [0.29, 0.717) is 18.4 Å². The first-order chi connectivity index (χ1) is 14.1. The van der Waals surface area contributed by atoms with Gasteiger partial charge in [-0.05, 0) is 55.8 Å². The lowest BCUT2D eigenvalue weighted by Gasteiger charge is -2.31. The van der Waals surface area contributed by atoms with Crippen molar-refractivity contribution in [3.05, 3.63) is 83.2 Å². The number of rotatable bonds is 6. The molecule has 1 heterocycles. The molecule has 0 saturated heterocycles. The molecule has 0 amide bonds. The van der Waals surface area contributed by atoms with Gasteiger partial charge in [-0.15, -0.1) is 0 Å². The third kappa shape index (κ3) is 4.59. The van der Waals surface area contributed by atoms with Gasteiger partial charge in [0, 0.05) is 6.20 Å². The van der Waals surface area contributed by atoms with Crippen molar-refractivity contribution in [2.24, 2.45) is 0 Å². The molecule has 5 nitrogen and oxygen atoms in total. The fraction of sp³-hybridized carbons (Fsp3) is 0.227. The molecule has 2 aromatic rings. The number of anilines is 1. The number of aromatic carboxylic acids is 1. The van der Waals surface area contributed by atoms with Crippen LogP contribution in [0.4, 0.5) is 18.9 Å². The monoisotopic (exact) mass is 418 g/mol.